The summed E-state index contributed by atoms with van der Waals surface area (Å²) in [4.78, 5) is 16.7. The fraction of sp³-hybridized carbons (Fsp3) is 0.154. The van der Waals surface area contributed by atoms with Crippen LogP contribution in [0, 0.1) is 0 Å². The molecule has 3 aromatic carbocycles. The third-order valence-electron chi connectivity index (χ3n) is 5.51. The highest BCUT2D eigenvalue weighted by molar-refractivity contribution is 6.32. The van der Waals surface area contributed by atoms with Crippen molar-refractivity contribution in [2.45, 2.75) is 12.1 Å². The van der Waals surface area contributed by atoms with Gasteiger partial charge in [-0.3, -0.25) is 4.79 Å². The molecule has 1 heterocycles. The second-order valence-corrected chi connectivity index (χ2v) is 8.46. The number of ether oxygens (including phenoxy) is 1. The first-order valence-electron chi connectivity index (χ1n) is 10.7. The van der Waals surface area contributed by atoms with E-state index >= 15 is 0 Å². The zero-order chi connectivity index (χ0) is 25.0. The van der Waals surface area contributed by atoms with E-state index in [4.69, 9.17) is 32.2 Å². The Morgan fingerprint density at radius 2 is 1.71 bits per heavy atom. The highest BCUT2D eigenvalue weighted by atomic mass is 35.5. The normalized spacial score (nSPS) is 12.2. The van der Waals surface area contributed by atoms with Gasteiger partial charge in [0.25, 0.3) is 5.91 Å². The molecule has 0 saturated carbocycles. The summed E-state index contributed by atoms with van der Waals surface area (Å²) in [5.74, 6) is 0.120. The summed E-state index contributed by atoms with van der Waals surface area (Å²) >= 11 is 6.31. The highest BCUT2D eigenvalue weighted by Gasteiger charge is 2.30. The third kappa shape index (κ3) is 5.36. The van der Waals surface area contributed by atoms with Crippen LogP contribution in [0.1, 0.15) is 27.2 Å². The molecule has 0 fully saturated rings. The molecule has 1 amide bonds. The first-order valence-corrected chi connectivity index (χ1v) is 11.1. The van der Waals surface area contributed by atoms with Crippen molar-refractivity contribution in [3.8, 4) is 5.75 Å². The lowest BCUT2D eigenvalue weighted by molar-refractivity contribution is 0.100. The maximum atomic E-state index is 12.7. The topological polar surface area (TPSA) is 144 Å². The van der Waals surface area contributed by atoms with Crippen molar-refractivity contribution >= 4 is 34.3 Å². The van der Waals surface area contributed by atoms with Crippen LogP contribution in [0.5, 0.6) is 5.75 Å². The zero-order valence-electron chi connectivity index (χ0n) is 18.6. The van der Waals surface area contributed by atoms with Gasteiger partial charge in [-0.15, -0.1) is 0 Å². The van der Waals surface area contributed by atoms with Gasteiger partial charge in [0.1, 0.15) is 35.1 Å². The molecule has 6 N–H and O–H groups in total. The van der Waals surface area contributed by atoms with Crippen molar-refractivity contribution in [1.82, 2.24) is 0 Å². The summed E-state index contributed by atoms with van der Waals surface area (Å²) in [6, 6.07) is 20.9. The van der Waals surface area contributed by atoms with Crippen LogP contribution in [0.3, 0.4) is 0 Å². The minimum absolute atomic E-state index is 0.00325. The van der Waals surface area contributed by atoms with Crippen LogP contribution >= 0.6 is 11.6 Å². The van der Waals surface area contributed by atoms with E-state index in [-0.39, 0.29) is 22.2 Å². The number of aliphatic imine (C=N–C) groups is 1. The maximum absolute atomic E-state index is 12.7. The molecule has 0 unspecified atom stereocenters. The van der Waals surface area contributed by atoms with E-state index < -0.39 is 24.7 Å². The number of carbonyl (C=O) groups is 1. The van der Waals surface area contributed by atoms with Gasteiger partial charge in [-0.05, 0) is 48.0 Å². The Hall–Kier alpha value is -3.69. The first-order chi connectivity index (χ1) is 16.8. The summed E-state index contributed by atoms with van der Waals surface area (Å²) in [6.07, 6.45) is 0. The number of benzene rings is 3. The average molecular weight is 494 g/mol. The Bertz CT molecular complexity index is 1380. The molecule has 0 aliphatic rings. The quantitative estimate of drug-likeness (QED) is 0.217. The Morgan fingerprint density at radius 3 is 2.40 bits per heavy atom. The number of hydrogen-bond donors (Lipinski definition) is 4. The van der Waals surface area contributed by atoms with Gasteiger partial charge in [-0.1, -0.05) is 41.9 Å². The van der Waals surface area contributed by atoms with Crippen LogP contribution in [0.2, 0.25) is 5.02 Å². The fourth-order valence-electron chi connectivity index (χ4n) is 3.38. The van der Waals surface area contributed by atoms with E-state index in [1.54, 1.807) is 36.4 Å². The van der Waals surface area contributed by atoms with Crippen molar-refractivity contribution in [2.75, 3.05) is 13.2 Å². The Morgan fingerprint density at radius 1 is 1.00 bits per heavy atom. The molecule has 0 radical (unpaired) electrons. The highest BCUT2D eigenvalue weighted by Crippen LogP contribution is 2.28. The number of fused-ring (bicyclic) bond motifs is 1. The van der Waals surface area contributed by atoms with E-state index in [9.17, 15) is 15.0 Å². The number of furan rings is 1. The maximum Gasteiger partial charge on any atom is 0.279 e. The van der Waals surface area contributed by atoms with Crippen molar-refractivity contribution < 1.29 is 24.2 Å². The van der Waals surface area contributed by atoms with Gasteiger partial charge in [-0.2, -0.15) is 4.99 Å². The molecular formula is C26H24ClN3O5. The molecule has 180 valence electrons. The van der Waals surface area contributed by atoms with Crippen LogP contribution in [0.15, 0.2) is 82.2 Å². The van der Waals surface area contributed by atoms with Gasteiger partial charge < -0.3 is 30.8 Å². The Balaban J connectivity index is 1.51. The van der Waals surface area contributed by atoms with Crippen LogP contribution < -0.4 is 16.2 Å². The van der Waals surface area contributed by atoms with E-state index in [2.05, 4.69) is 4.99 Å². The van der Waals surface area contributed by atoms with Gasteiger partial charge in [0, 0.05) is 16.5 Å². The predicted molar refractivity (Wildman–Crippen MR) is 134 cm³/mol. The lowest BCUT2D eigenvalue weighted by Gasteiger charge is -2.21. The number of aliphatic hydroxyl groups is 2. The molecule has 0 bridgehead atoms. The molecular weight excluding hydrogens is 470 g/mol. The van der Waals surface area contributed by atoms with E-state index in [0.717, 1.165) is 5.56 Å². The largest absolute Gasteiger partial charge is 0.487 e. The molecule has 4 aromatic rings. The number of carbonyl (C=O) groups excluding carboxylic acids is 1. The standard InChI is InChI=1S/C26H24ClN3O5/c27-20-11-18(7-9-22(20)34-13-16-4-2-1-3-5-16)25(33)30-24(28)17-6-8-21-19(10-17)12-23(35-21)26(29,14-31)15-32/h1-12,31-32H,13-15,29H2,(H2,28,30,33). The molecule has 0 aliphatic carbocycles. The van der Waals surface area contributed by atoms with Crippen LogP contribution in [-0.2, 0) is 12.1 Å². The number of amidine groups is 1. The molecule has 4 rings (SSSR count). The summed E-state index contributed by atoms with van der Waals surface area (Å²) in [6.45, 7) is -0.640. The molecule has 0 aliphatic heterocycles. The lowest BCUT2D eigenvalue weighted by atomic mass is 10.00. The summed E-state index contributed by atoms with van der Waals surface area (Å²) in [5.41, 5.74) is 12.9. The van der Waals surface area contributed by atoms with E-state index in [1.807, 2.05) is 30.3 Å². The average Bonchev–Trinajstić information content (AvgIpc) is 3.32. The van der Waals surface area contributed by atoms with Gasteiger partial charge in [-0.25, -0.2) is 0 Å². The second-order valence-electron chi connectivity index (χ2n) is 8.06. The van der Waals surface area contributed by atoms with Crippen molar-refractivity contribution in [3.63, 3.8) is 0 Å². The van der Waals surface area contributed by atoms with Gasteiger partial charge in [0.2, 0.25) is 0 Å². The smallest absolute Gasteiger partial charge is 0.279 e. The van der Waals surface area contributed by atoms with Crippen molar-refractivity contribution in [3.05, 3.63) is 100 Å². The zero-order valence-corrected chi connectivity index (χ0v) is 19.4. The monoisotopic (exact) mass is 493 g/mol. The lowest BCUT2D eigenvalue weighted by Crippen LogP contribution is -2.43. The minimum Gasteiger partial charge on any atom is -0.487 e. The van der Waals surface area contributed by atoms with E-state index in [1.165, 1.54) is 6.07 Å². The summed E-state index contributed by atoms with van der Waals surface area (Å²) in [7, 11) is 0. The second kappa shape index (κ2) is 10.3. The number of aliphatic hydroxyl groups excluding tert-OH is 2. The number of amides is 1. The molecule has 0 atom stereocenters. The third-order valence-corrected chi connectivity index (χ3v) is 5.80. The number of halogens is 1. The summed E-state index contributed by atoms with van der Waals surface area (Å²) in [5, 5.41) is 19.9. The number of hydrogen-bond acceptors (Lipinski definition) is 6. The van der Waals surface area contributed by atoms with Gasteiger partial charge in [0.15, 0.2) is 0 Å². The fourth-order valence-corrected chi connectivity index (χ4v) is 3.61. The Kier molecular flexibility index (Phi) is 7.18. The molecule has 9 heteroatoms. The first kappa shape index (κ1) is 24.4. The Labute approximate surface area is 206 Å². The van der Waals surface area contributed by atoms with Crippen LogP contribution in [0.4, 0.5) is 0 Å². The van der Waals surface area contributed by atoms with Gasteiger partial charge in [0.05, 0.1) is 18.2 Å². The molecule has 35 heavy (non-hydrogen) atoms. The van der Waals surface area contributed by atoms with E-state index in [0.29, 0.717) is 28.9 Å². The number of nitrogens with two attached hydrogens (primary N) is 2. The predicted octanol–water partition coefficient (Wildman–Crippen LogP) is 3.35. The van der Waals surface area contributed by atoms with Crippen LogP contribution in [0.25, 0.3) is 11.0 Å². The molecule has 0 saturated heterocycles. The molecule has 1 aromatic heterocycles. The number of nitrogens with zero attached hydrogens (tertiary/aromatic N) is 1. The minimum atomic E-state index is -1.41. The summed E-state index contributed by atoms with van der Waals surface area (Å²) < 4.78 is 11.4. The van der Waals surface area contributed by atoms with Crippen molar-refractivity contribution in [2.24, 2.45) is 16.5 Å². The molecule has 8 nitrogen and oxygen atoms in total. The molecule has 0 spiro atoms. The van der Waals surface area contributed by atoms with Gasteiger partial charge >= 0.3 is 0 Å². The number of rotatable bonds is 8. The van der Waals surface area contributed by atoms with Crippen LogP contribution in [-0.4, -0.2) is 35.2 Å². The SMILES string of the molecule is NC(=NC(=O)c1ccc(OCc2ccccc2)c(Cl)c1)c1ccc2oc(C(N)(CO)CO)cc2c1. The van der Waals surface area contributed by atoms with Crippen molar-refractivity contribution in [1.29, 1.82) is 0 Å².